The van der Waals surface area contributed by atoms with E-state index in [0.29, 0.717) is 15.6 Å². The van der Waals surface area contributed by atoms with Gasteiger partial charge in [-0.1, -0.05) is 53.9 Å². The van der Waals surface area contributed by atoms with Crippen molar-refractivity contribution in [3.63, 3.8) is 0 Å². The SMILES string of the molecule is O=C(c1ccc(Cl)cc1Cl)c1ccccc1CN1CCCCC1. The first kappa shape index (κ1) is 16.5. The van der Waals surface area contributed by atoms with Crippen LogP contribution in [0.15, 0.2) is 42.5 Å². The molecule has 0 bridgehead atoms. The number of halogens is 2. The highest BCUT2D eigenvalue weighted by atomic mass is 35.5. The lowest BCUT2D eigenvalue weighted by Crippen LogP contribution is -2.29. The maximum Gasteiger partial charge on any atom is 0.194 e. The molecule has 0 aromatic heterocycles. The first-order valence-electron chi connectivity index (χ1n) is 7.95. The summed E-state index contributed by atoms with van der Waals surface area (Å²) < 4.78 is 0. The van der Waals surface area contributed by atoms with Gasteiger partial charge in [0.15, 0.2) is 5.78 Å². The van der Waals surface area contributed by atoms with Crippen LogP contribution in [0.25, 0.3) is 0 Å². The normalized spacial score (nSPS) is 15.6. The summed E-state index contributed by atoms with van der Waals surface area (Å²) in [5, 5.41) is 0.934. The Kier molecular flexibility index (Phi) is 5.37. The Hall–Kier alpha value is -1.35. The molecule has 120 valence electrons. The monoisotopic (exact) mass is 347 g/mol. The van der Waals surface area contributed by atoms with Gasteiger partial charge in [-0.3, -0.25) is 9.69 Å². The Morgan fingerprint density at radius 2 is 1.70 bits per heavy atom. The predicted octanol–water partition coefficient (Wildman–Crippen LogP) is 5.21. The molecule has 1 heterocycles. The molecule has 1 fully saturated rings. The van der Waals surface area contributed by atoms with Crippen molar-refractivity contribution in [2.24, 2.45) is 0 Å². The number of carbonyl (C=O) groups excluding carboxylic acids is 1. The summed E-state index contributed by atoms with van der Waals surface area (Å²) in [5.41, 5.74) is 2.29. The van der Waals surface area contributed by atoms with Crippen molar-refractivity contribution in [3.05, 3.63) is 69.2 Å². The second-order valence-electron chi connectivity index (χ2n) is 5.95. The van der Waals surface area contributed by atoms with Gasteiger partial charge in [-0.2, -0.15) is 0 Å². The third-order valence-corrected chi connectivity index (χ3v) is 4.83. The van der Waals surface area contributed by atoms with Crippen LogP contribution in [-0.4, -0.2) is 23.8 Å². The van der Waals surface area contributed by atoms with E-state index in [9.17, 15) is 4.79 Å². The minimum absolute atomic E-state index is 0.0423. The van der Waals surface area contributed by atoms with E-state index in [1.807, 2.05) is 24.3 Å². The van der Waals surface area contributed by atoms with Gasteiger partial charge in [0.05, 0.1) is 5.02 Å². The molecule has 2 aromatic rings. The lowest BCUT2D eigenvalue weighted by Gasteiger charge is -2.27. The van der Waals surface area contributed by atoms with Crippen molar-refractivity contribution in [2.45, 2.75) is 25.8 Å². The number of benzene rings is 2. The summed E-state index contributed by atoms with van der Waals surface area (Å²) in [6.07, 6.45) is 3.77. The van der Waals surface area contributed by atoms with Gasteiger partial charge in [0, 0.05) is 22.7 Å². The molecule has 2 aromatic carbocycles. The van der Waals surface area contributed by atoms with Gasteiger partial charge >= 0.3 is 0 Å². The van der Waals surface area contributed by atoms with Gasteiger partial charge in [-0.05, 0) is 49.7 Å². The van der Waals surface area contributed by atoms with Gasteiger partial charge in [0.25, 0.3) is 0 Å². The summed E-state index contributed by atoms with van der Waals surface area (Å²) in [6.45, 7) is 3.02. The van der Waals surface area contributed by atoms with Crippen LogP contribution in [0.4, 0.5) is 0 Å². The average Bonchev–Trinajstić information content (AvgIpc) is 2.56. The fraction of sp³-hybridized carbons (Fsp3) is 0.316. The van der Waals surface area contributed by atoms with Gasteiger partial charge in [-0.25, -0.2) is 0 Å². The molecule has 0 spiro atoms. The lowest BCUT2D eigenvalue weighted by molar-refractivity contribution is 0.103. The van der Waals surface area contributed by atoms with Crippen LogP contribution < -0.4 is 0 Å². The van der Waals surface area contributed by atoms with E-state index >= 15 is 0 Å². The molecule has 0 atom stereocenters. The lowest BCUT2D eigenvalue weighted by atomic mass is 9.97. The van der Waals surface area contributed by atoms with Crippen molar-refractivity contribution >= 4 is 29.0 Å². The maximum atomic E-state index is 12.9. The van der Waals surface area contributed by atoms with Crippen molar-refractivity contribution in [1.29, 1.82) is 0 Å². The number of carbonyl (C=O) groups is 1. The smallest absolute Gasteiger partial charge is 0.194 e. The summed E-state index contributed by atoms with van der Waals surface area (Å²) in [4.78, 5) is 15.3. The van der Waals surface area contributed by atoms with E-state index in [4.69, 9.17) is 23.2 Å². The molecule has 0 aliphatic carbocycles. The number of hydrogen-bond donors (Lipinski definition) is 0. The van der Waals surface area contributed by atoms with Crippen molar-refractivity contribution in [2.75, 3.05) is 13.1 Å². The Bertz CT molecular complexity index is 708. The summed E-state index contributed by atoms with van der Waals surface area (Å²) >= 11 is 12.1. The zero-order chi connectivity index (χ0) is 16.2. The Morgan fingerprint density at radius 1 is 0.957 bits per heavy atom. The first-order valence-corrected chi connectivity index (χ1v) is 8.71. The molecule has 1 aliphatic heterocycles. The maximum absolute atomic E-state index is 12.9. The number of piperidine rings is 1. The number of likely N-dealkylation sites (tertiary alicyclic amines) is 1. The van der Waals surface area contributed by atoms with Crippen LogP contribution in [0.1, 0.15) is 40.7 Å². The van der Waals surface area contributed by atoms with Crippen LogP contribution in [-0.2, 0) is 6.54 Å². The van der Waals surface area contributed by atoms with E-state index in [1.54, 1.807) is 18.2 Å². The molecule has 2 nitrogen and oxygen atoms in total. The quantitative estimate of drug-likeness (QED) is 0.707. The van der Waals surface area contributed by atoms with Crippen LogP contribution in [0.2, 0.25) is 10.0 Å². The molecule has 23 heavy (non-hydrogen) atoms. The van der Waals surface area contributed by atoms with E-state index in [0.717, 1.165) is 30.8 Å². The molecule has 0 N–H and O–H groups in total. The Labute approximate surface area is 147 Å². The van der Waals surface area contributed by atoms with Crippen molar-refractivity contribution in [3.8, 4) is 0 Å². The van der Waals surface area contributed by atoms with Gasteiger partial charge in [0.1, 0.15) is 0 Å². The minimum Gasteiger partial charge on any atom is -0.299 e. The largest absolute Gasteiger partial charge is 0.299 e. The molecule has 0 amide bonds. The van der Waals surface area contributed by atoms with E-state index < -0.39 is 0 Å². The van der Waals surface area contributed by atoms with Crippen LogP contribution in [0.5, 0.6) is 0 Å². The van der Waals surface area contributed by atoms with Gasteiger partial charge < -0.3 is 0 Å². The molecular formula is C19H19Cl2NO. The number of hydrogen-bond acceptors (Lipinski definition) is 2. The van der Waals surface area contributed by atoms with Crippen molar-refractivity contribution < 1.29 is 4.79 Å². The summed E-state index contributed by atoms with van der Waals surface area (Å²) in [5.74, 6) is -0.0423. The van der Waals surface area contributed by atoms with Crippen molar-refractivity contribution in [1.82, 2.24) is 4.90 Å². The Morgan fingerprint density at radius 3 is 2.43 bits per heavy atom. The molecule has 1 saturated heterocycles. The first-order chi connectivity index (χ1) is 11.1. The summed E-state index contributed by atoms with van der Waals surface area (Å²) in [7, 11) is 0. The summed E-state index contributed by atoms with van der Waals surface area (Å²) in [6, 6.07) is 12.8. The fourth-order valence-corrected chi connectivity index (χ4v) is 3.55. The van der Waals surface area contributed by atoms with E-state index in [2.05, 4.69) is 4.90 Å². The average molecular weight is 348 g/mol. The standard InChI is InChI=1S/C19H19Cl2NO/c20-15-8-9-17(18(21)12-15)19(23)16-7-3-2-6-14(16)13-22-10-4-1-5-11-22/h2-3,6-9,12H,1,4-5,10-11,13H2. The molecule has 1 aliphatic rings. The Balaban J connectivity index is 1.88. The van der Waals surface area contributed by atoms with E-state index in [1.165, 1.54) is 19.3 Å². The van der Waals surface area contributed by atoms with Crippen LogP contribution in [0, 0.1) is 0 Å². The van der Waals surface area contributed by atoms with Crippen LogP contribution >= 0.6 is 23.2 Å². The number of rotatable bonds is 4. The molecule has 4 heteroatoms. The predicted molar refractivity (Wildman–Crippen MR) is 95.5 cm³/mol. The fourth-order valence-electron chi connectivity index (χ4n) is 3.06. The van der Waals surface area contributed by atoms with Crippen LogP contribution in [0.3, 0.4) is 0 Å². The topological polar surface area (TPSA) is 20.3 Å². The molecule has 3 rings (SSSR count). The molecule has 0 unspecified atom stereocenters. The minimum atomic E-state index is -0.0423. The highest BCUT2D eigenvalue weighted by Gasteiger charge is 2.18. The zero-order valence-electron chi connectivity index (χ0n) is 12.9. The molecule has 0 radical (unpaired) electrons. The highest BCUT2D eigenvalue weighted by Crippen LogP contribution is 2.25. The third-order valence-electron chi connectivity index (χ3n) is 4.28. The number of nitrogens with zero attached hydrogens (tertiary/aromatic N) is 1. The molecule has 0 saturated carbocycles. The second-order valence-corrected chi connectivity index (χ2v) is 6.79. The van der Waals surface area contributed by atoms with E-state index in [-0.39, 0.29) is 5.78 Å². The number of ketones is 1. The highest BCUT2D eigenvalue weighted by molar-refractivity contribution is 6.37. The second kappa shape index (κ2) is 7.48. The third kappa shape index (κ3) is 3.95. The van der Waals surface area contributed by atoms with Gasteiger partial charge in [-0.15, -0.1) is 0 Å². The molecular weight excluding hydrogens is 329 g/mol. The van der Waals surface area contributed by atoms with Gasteiger partial charge in [0.2, 0.25) is 0 Å². The zero-order valence-corrected chi connectivity index (χ0v) is 14.4.